The number of anilines is 2. The van der Waals surface area contributed by atoms with Crippen LogP contribution in [0.15, 0.2) is 60.9 Å². The molecule has 0 bridgehead atoms. The SMILES string of the molecule is COc1cc(Cc2cnc(N)nc2N)cc(C(=O)C=CN2CCc3ccccc3C2c2cc(C)nn2C)c1OC. The molecule has 0 fully saturated rings. The number of carbonyl (C=O) groups excluding carboxylic acids is 1. The minimum absolute atomic E-state index is 0.0727. The minimum atomic E-state index is -0.211. The summed E-state index contributed by atoms with van der Waals surface area (Å²) >= 11 is 0. The number of benzene rings is 2. The van der Waals surface area contributed by atoms with Gasteiger partial charge in [-0.2, -0.15) is 10.1 Å². The van der Waals surface area contributed by atoms with E-state index in [9.17, 15) is 4.79 Å². The molecule has 2 aromatic heterocycles. The van der Waals surface area contributed by atoms with E-state index in [1.54, 1.807) is 18.3 Å². The van der Waals surface area contributed by atoms with Crippen molar-refractivity contribution in [1.82, 2.24) is 24.6 Å². The summed E-state index contributed by atoms with van der Waals surface area (Å²) in [4.78, 5) is 24.0. The maximum absolute atomic E-state index is 13.7. The van der Waals surface area contributed by atoms with Crippen LogP contribution in [0.3, 0.4) is 0 Å². The topological polar surface area (TPSA) is 134 Å². The normalized spacial score (nSPS) is 14.8. The Morgan fingerprint density at radius 3 is 2.65 bits per heavy atom. The van der Waals surface area contributed by atoms with Crippen molar-refractivity contribution in [1.29, 1.82) is 0 Å². The fourth-order valence-corrected chi connectivity index (χ4v) is 5.31. The molecule has 0 saturated carbocycles. The number of aryl methyl sites for hydroxylation is 2. The van der Waals surface area contributed by atoms with Crippen LogP contribution in [0.1, 0.15) is 50.0 Å². The van der Waals surface area contributed by atoms with Gasteiger partial charge in [0.2, 0.25) is 5.95 Å². The Kier molecular flexibility index (Phi) is 7.41. The lowest BCUT2D eigenvalue weighted by Gasteiger charge is -2.36. The molecule has 1 aliphatic rings. The molecular formula is C30H33N7O3. The van der Waals surface area contributed by atoms with Gasteiger partial charge < -0.3 is 25.8 Å². The second-order valence-electron chi connectivity index (χ2n) is 9.80. The van der Waals surface area contributed by atoms with Gasteiger partial charge in [0, 0.05) is 44.0 Å². The first kappa shape index (κ1) is 26.7. The number of hydrogen-bond acceptors (Lipinski definition) is 9. The van der Waals surface area contributed by atoms with Gasteiger partial charge in [0.15, 0.2) is 17.3 Å². The smallest absolute Gasteiger partial charge is 0.221 e. The van der Waals surface area contributed by atoms with Gasteiger partial charge in [-0.25, -0.2) is 4.98 Å². The van der Waals surface area contributed by atoms with E-state index in [4.69, 9.17) is 20.9 Å². The molecule has 1 atom stereocenters. The van der Waals surface area contributed by atoms with Crippen LogP contribution in [0.2, 0.25) is 0 Å². The fourth-order valence-electron chi connectivity index (χ4n) is 5.31. The molecule has 0 amide bonds. The van der Waals surface area contributed by atoms with Gasteiger partial charge in [-0.15, -0.1) is 0 Å². The number of hydrogen-bond donors (Lipinski definition) is 2. The number of fused-ring (bicyclic) bond motifs is 1. The van der Waals surface area contributed by atoms with Gasteiger partial charge in [0.1, 0.15) is 5.82 Å². The van der Waals surface area contributed by atoms with Crippen molar-refractivity contribution < 1.29 is 14.3 Å². The van der Waals surface area contributed by atoms with E-state index in [1.165, 1.54) is 25.3 Å². The Balaban J connectivity index is 1.49. The molecule has 1 unspecified atom stereocenters. The largest absolute Gasteiger partial charge is 0.493 e. The highest BCUT2D eigenvalue weighted by Gasteiger charge is 2.29. The summed E-state index contributed by atoms with van der Waals surface area (Å²) in [5.41, 5.74) is 18.1. The molecule has 40 heavy (non-hydrogen) atoms. The Morgan fingerprint density at radius 1 is 1.15 bits per heavy atom. The second-order valence-corrected chi connectivity index (χ2v) is 9.80. The van der Waals surface area contributed by atoms with Crippen LogP contribution in [0.25, 0.3) is 0 Å². The molecule has 2 aromatic carbocycles. The summed E-state index contributed by atoms with van der Waals surface area (Å²) in [5.74, 6) is 0.996. The quantitative estimate of drug-likeness (QED) is 0.254. The Morgan fingerprint density at radius 2 is 1.95 bits per heavy atom. The Bertz CT molecular complexity index is 1590. The van der Waals surface area contributed by atoms with E-state index in [0.29, 0.717) is 29.0 Å². The van der Waals surface area contributed by atoms with Crippen molar-refractivity contribution in [3.8, 4) is 11.5 Å². The molecule has 0 spiro atoms. The average Bonchev–Trinajstić information content (AvgIpc) is 3.29. The zero-order valence-corrected chi connectivity index (χ0v) is 23.1. The Hall–Kier alpha value is -4.86. The molecule has 3 heterocycles. The molecule has 0 saturated heterocycles. The van der Waals surface area contributed by atoms with Crippen molar-refractivity contribution in [3.63, 3.8) is 0 Å². The number of nitrogens with two attached hydrogens (primary N) is 2. The molecule has 10 heteroatoms. The number of carbonyl (C=O) groups is 1. The summed E-state index contributed by atoms with van der Waals surface area (Å²) in [6.07, 6.45) is 6.31. The summed E-state index contributed by atoms with van der Waals surface area (Å²) < 4.78 is 13.1. The molecule has 1 aliphatic heterocycles. The third kappa shape index (κ3) is 5.20. The third-order valence-corrected chi connectivity index (χ3v) is 7.17. The highest BCUT2D eigenvalue weighted by molar-refractivity contribution is 6.07. The number of nitrogen functional groups attached to an aromatic ring is 2. The van der Waals surface area contributed by atoms with E-state index < -0.39 is 0 Å². The molecule has 206 valence electrons. The molecular weight excluding hydrogens is 506 g/mol. The van der Waals surface area contributed by atoms with Gasteiger partial charge >= 0.3 is 0 Å². The highest BCUT2D eigenvalue weighted by Crippen LogP contribution is 2.37. The summed E-state index contributed by atoms with van der Waals surface area (Å²) in [5, 5.41) is 4.58. The zero-order valence-electron chi connectivity index (χ0n) is 23.1. The van der Waals surface area contributed by atoms with Gasteiger partial charge in [-0.05, 0) is 48.2 Å². The van der Waals surface area contributed by atoms with Gasteiger partial charge in [-0.3, -0.25) is 9.48 Å². The lowest BCUT2D eigenvalue weighted by Crippen LogP contribution is -2.33. The number of allylic oxidation sites excluding steroid dienone is 1. The third-order valence-electron chi connectivity index (χ3n) is 7.17. The number of ether oxygens (including phenoxy) is 2. The lowest BCUT2D eigenvalue weighted by molar-refractivity contribution is 0.104. The van der Waals surface area contributed by atoms with Crippen molar-refractivity contribution in [2.45, 2.75) is 25.8 Å². The highest BCUT2D eigenvalue weighted by atomic mass is 16.5. The van der Waals surface area contributed by atoms with E-state index in [-0.39, 0.29) is 23.6 Å². The maximum atomic E-state index is 13.7. The van der Waals surface area contributed by atoms with Crippen molar-refractivity contribution in [2.75, 3.05) is 32.2 Å². The van der Waals surface area contributed by atoms with Crippen molar-refractivity contribution >= 4 is 17.5 Å². The van der Waals surface area contributed by atoms with Crippen LogP contribution in [0.5, 0.6) is 11.5 Å². The first-order chi connectivity index (χ1) is 19.3. The van der Waals surface area contributed by atoms with Crippen LogP contribution >= 0.6 is 0 Å². The Labute approximate surface area is 233 Å². The van der Waals surface area contributed by atoms with Crippen molar-refractivity contribution in [2.24, 2.45) is 7.05 Å². The number of aromatic nitrogens is 4. The second kappa shape index (κ2) is 11.1. The lowest BCUT2D eigenvalue weighted by atomic mass is 9.90. The molecule has 5 rings (SSSR count). The van der Waals surface area contributed by atoms with Crippen molar-refractivity contribution in [3.05, 3.63) is 100 Å². The van der Waals surface area contributed by atoms with E-state index in [1.807, 2.05) is 30.9 Å². The zero-order chi connectivity index (χ0) is 28.4. The van der Waals surface area contributed by atoms with Crippen LogP contribution < -0.4 is 20.9 Å². The standard InChI is InChI=1S/C30H33N7O3/c1-18-13-24(36(2)35-18)27-22-8-6-5-7-20(22)9-11-37(27)12-10-25(38)23-15-19(16-26(39-3)28(23)40-4)14-21-17-33-30(32)34-29(21)31/h5-8,10,12-13,15-17,27H,9,11,14H2,1-4H3,(H4,31,32,33,34). The fraction of sp³-hybridized carbons (Fsp3) is 0.267. The predicted molar refractivity (Wildman–Crippen MR) is 153 cm³/mol. The maximum Gasteiger partial charge on any atom is 0.221 e. The molecule has 4 aromatic rings. The summed E-state index contributed by atoms with van der Waals surface area (Å²) in [6, 6.07) is 14.1. The van der Waals surface area contributed by atoms with E-state index in [2.05, 4.69) is 50.3 Å². The minimum Gasteiger partial charge on any atom is -0.493 e. The number of ketones is 1. The first-order valence-electron chi connectivity index (χ1n) is 13.0. The van der Waals surface area contributed by atoms with E-state index in [0.717, 1.165) is 29.9 Å². The molecule has 4 N–H and O–H groups in total. The predicted octanol–water partition coefficient (Wildman–Crippen LogP) is 3.64. The average molecular weight is 540 g/mol. The van der Waals surface area contributed by atoms with E-state index >= 15 is 0 Å². The summed E-state index contributed by atoms with van der Waals surface area (Å²) in [6.45, 7) is 2.74. The van der Waals surface area contributed by atoms with Gasteiger partial charge in [0.05, 0.1) is 37.2 Å². The van der Waals surface area contributed by atoms with Crippen LogP contribution in [-0.2, 0) is 19.9 Å². The molecule has 10 nitrogen and oxygen atoms in total. The number of rotatable bonds is 8. The number of nitrogens with zero attached hydrogens (tertiary/aromatic N) is 5. The summed E-state index contributed by atoms with van der Waals surface area (Å²) in [7, 11) is 5.01. The van der Waals surface area contributed by atoms with Gasteiger partial charge in [-0.1, -0.05) is 24.3 Å². The van der Waals surface area contributed by atoms with Gasteiger partial charge in [0.25, 0.3) is 0 Å². The number of methoxy groups -OCH3 is 2. The van der Waals surface area contributed by atoms with Crippen LogP contribution in [0, 0.1) is 6.92 Å². The van der Waals surface area contributed by atoms with Crippen LogP contribution in [0.4, 0.5) is 11.8 Å². The molecule has 0 aliphatic carbocycles. The first-order valence-corrected chi connectivity index (χ1v) is 13.0. The monoisotopic (exact) mass is 539 g/mol. The van der Waals surface area contributed by atoms with Crippen LogP contribution in [-0.4, -0.2) is 51.2 Å². The molecule has 0 radical (unpaired) electrons.